The number of anilines is 2. The molecule has 1 atom stereocenters. The van der Waals surface area contributed by atoms with Crippen LogP contribution in [0.15, 0.2) is 23.6 Å². The van der Waals surface area contributed by atoms with Crippen molar-refractivity contribution >= 4 is 34.0 Å². The quantitative estimate of drug-likeness (QED) is 0.761. The molecule has 1 saturated carbocycles. The minimum Gasteiger partial charge on any atom is -0.312 e. The summed E-state index contributed by atoms with van der Waals surface area (Å²) in [6.45, 7) is 5.49. The van der Waals surface area contributed by atoms with E-state index in [9.17, 15) is 9.59 Å². The summed E-state index contributed by atoms with van der Waals surface area (Å²) in [5, 5.41) is 5.61. The van der Waals surface area contributed by atoms with Crippen molar-refractivity contribution < 1.29 is 9.59 Å². The number of hydrogen-bond acceptors (Lipinski definition) is 5. The van der Waals surface area contributed by atoms with Crippen molar-refractivity contribution in [2.75, 3.05) is 36.4 Å². The lowest BCUT2D eigenvalue weighted by Crippen LogP contribution is -2.39. The highest BCUT2D eigenvalue weighted by Gasteiger charge is 2.35. The van der Waals surface area contributed by atoms with Gasteiger partial charge in [-0.2, -0.15) is 0 Å². The van der Waals surface area contributed by atoms with E-state index in [1.165, 1.54) is 23.3 Å². The largest absolute Gasteiger partial charge is 0.312 e. The number of benzene rings is 1. The lowest BCUT2D eigenvalue weighted by Gasteiger charge is -2.30. The molecule has 6 nitrogen and oxygen atoms in total. The third kappa shape index (κ3) is 4.67. The molecule has 3 heterocycles. The van der Waals surface area contributed by atoms with Crippen molar-refractivity contribution in [1.82, 2.24) is 9.88 Å². The second-order valence-corrected chi connectivity index (χ2v) is 10.1. The molecule has 1 unspecified atom stereocenters. The summed E-state index contributed by atoms with van der Waals surface area (Å²) >= 11 is 1.46. The molecule has 0 spiro atoms. The first-order chi connectivity index (χ1) is 15.1. The molecule has 164 valence electrons. The summed E-state index contributed by atoms with van der Waals surface area (Å²) in [7, 11) is 0. The number of aryl methyl sites for hydroxylation is 1. The third-order valence-corrected chi connectivity index (χ3v) is 7.30. The number of carbonyl (C=O) groups is 2. The number of nitrogens with zero attached hydrogens (tertiary/aromatic N) is 3. The van der Waals surface area contributed by atoms with Crippen molar-refractivity contribution in [3.05, 3.63) is 29.1 Å². The zero-order valence-corrected chi connectivity index (χ0v) is 18.9. The van der Waals surface area contributed by atoms with E-state index in [1.807, 2.05) is 16.3 Å². The number of nitrogens with one attached hydrogen (secondary N) is 1. The molecule has 1 saturated heterocycles. The predicted molar refractivity (Wildman–Crippen MR) is 124 cm³/mol. The zero-order valence-electron chi connectivity index (χ0n) is 18.1. The van der Waals surface area contributed by atoms with Crippen LogP contribution in [0.3, 0.4) is 0 Å². The Labute approximate surface area is 187 Å². The number of hydrogen-bond donors (Lipinski definition) is 1. The molecule has 31 heavy (non-hydrogen) atoms. The second kappa shape index (κ2) is 8.71. The number of piperidine rings is 1. The van der Waals surface area contributed by atoms with E-state index in [4.69, 9.17) is 0 Å². The van der Waals surface area contributed by atoms with Gasteiger partial charge >= 0.3 is 0 Å². The van der Waals surface area contributed by atoms with Crippen LogP contribution in [0, 0.1) is 11.8 Å². The van der Waals surface area contributed by atoms with Crippen LogP contribution in [0.4, 0.5) is 10.8 Å². The summed E-state index contributed by atoms with van der Waals surface area (Å²) in [6.07, 6.45) is 6.47. The number of amides is 2. The SMILES string of the molecule is CC1CCCN(CC(=O)Nc2nc(-c3ccc4c(c3)CCCN4C(=O)C3CC3)cs2)C1. The molecule has 1 aliphatic carbocycles. The highest BCUT2D eigenvalue weighted by Crippen LogP contribution is 2.37. The van der Waals surface area contributed by atoms with Gasteiger partial charge in [0.15, 0.2) is 5.13 Å². The number of likely N-dealkylation sites (tertiary alicyclic amines) is 1. The van der Waals surface area contributed by atoms with Gasteiger partial charge < -0.3 is 10.2 Å². The molecule has 7 heteroatoms. The Balaban J connectivity index is 1.25. The Morgan fingerprint density at radius 2 is 2.06 bits per heavy atom. The number of aromatic nitrogens is 1. The van der Waals surface area contributed by atoms with Crippen molar-refractivity contribution in [3.63, 3.8) is 0 Å². The molecule has 2 aliphatic heterocycles. The molecule has 2 fully saturated rings. The first-order valence-corrected chi connectivity index (χ1v) is 12.4. The lowest BCUT2D eigenvalue weighted by atomic mass is 9.98. The Kier molecular flexibility index (Phi) is 5.80. The van der Waals surface area contributed by atoms with E-state index in [0.29, 0.717) is 17.6 Å². The average molecular weight is 439 g/mol. The minimum atomic E-state index is 0.00895. The number of thiazole rings is 1. The Bertz CT molecular complexity index is 984. The normalized spacial score (nSPS) is 21.6. The van der Waals surface area contributed by atoms with Gasteiger partial charge in [0.05, 0.1) is 12.2 Å². The molecule has 1 N–H and O–H groups in total. The smallest absolute Gasteiger partial charge is 0.240 e. The Hall–Kier alpha value is -2.25. The molecule has 1 aromatic heterocycles. The molecule has 0 radical (unpaired) electrons. The first kappa shape index (κ1) is 20.6. The van der Waals surface area contributed by atoms with E-state index in [2.05, 4.69) is 34.3 Å². The monoisotopic (exact) mass is 438 g/mol. The Morgan fingerprint density at radius 1 is 1.19 bits per heavy atom. The van der Waals surface area contributed by atoms with Crippen molar-refractivity contribution in [3.8, 4) is 11.3 Å². The molecular formula is C24H30N4O2S. The maximum Gasteiger partial charge on any atom is 0.240 e. The van der Waals surface area contributed by atoms with Crippen LogP contribution in [0.1, 0.15) is 44.6 Å². The molecule has 2 aromatic rings. The predicted octanol–water partition coefficient (Wildman–Crippen LogP) is 4.17. The van der Waals surface area contributed by atoms with Crippen LogP contribution in [0.2, 0.25) is 0 Å². The molecular weight excluding hydrogens is 408 g/mol. The molecule has 5 rings (SSSR count). The Morgan fingerprint density at radius 3 is 2.87 bits per heavy atom. The summed E-state index contributed by atoms with van der Waals surface area (Å²) < 4.78 is 0. The van der Waals surface area contributed by atoms with Gasteiger partial charge in [0.2, 0.25) is 11.8 Å². The highest BCUT2D eigenvalue weighted by atomic mass is 32.1. The summed E-state index contributed by atoms with van der Waals surface area (Å²) in [5.74, 6) is 1.20. The van der Waals surface area contributed by atoms with Crippen LogP contribution in [-0.4, -0.2) is 47.9 Å². The van der Waals surface area contributed by atoms with E-state index < -0.39 is 0 Å². The van der Waals surface area contributed by atoms with Gasteiger partial charge in [-0.25, -0.2) is 4.98 Å². The van der Waals surface area contributed by atoms with Crippen LogP contribution in [0.25, 0.3) is 11.3 Å². The van der Waals surface area contributed by atoms with Crippen LogP contribution in [-0.2, 0) is 16.0 Å². The van der Waals surface area contributed by atoms with Crippen molar-refractivity contribution in [2.24, 2.45) is 11.8 Å². The third-order valence-electron chi connectivity index (χ3n) is 6.55. The fourth-order valence-electron chi connectivity index (χ4n) is 4.79. The topological polar surface area (TPSA) is 65.5 Å². The van der Waals surface area contributed by atoms with E-state index >= 15 is 0 Å². The van der Waals surface area contributed by atoms with Gasteiger partial charge in [0.1, 0.15) is 0 Å². The highest BCUT2D eigenvalue weighted by molar-refractivity contribution is 7.14. The molecule has 3 aliphatic rings. The fraction of sp³-hybridized carbons (Fsp3) is 0.542. The minimum absolute atomic E-state index is 0.00895. The van der Waals surface area contributed by atoms with Crippen LogP contribution in [0.5, 0.6) is 0 Å². The standard InChI is InChI=1S/C24H30N4O2S/c1-16-4-2-10-27(13-16)14-22(29)26-24-25-20(15-31-24)18-8-9-21-19(12-18)5-3-11-28(21)23(30)17-6-7-17/h8-9,12,15-17H,2-7,10-11,13-14H2,1H3,(H,25,26,29). The van der Waals surface area contributed by atoms with Gasteiger partial charge in [-0.15, -0.1) is 11.3 Å². The first-order valence-electron chi connectivity index (χ1n) is 11.5. The maximum absolute atomic E-state index is 12.6. The molecule has 0 bridgehead atoms. The zero-order chi connectivity index (χ0) is 21.4. The number of rotatable bonds is 5. The van der Waals surface area contributed by atoms with E-state index in [1.54, 1.807) is 0 Å². The second-order valence-electron chi connectivity index (χ2n) is 9.28. The molecule has 1 aromatic carbocycles. The lowest BCUT2D eigenvalue weighted by molar-refractivity contribution is -0.120. The van der Waals surface area contributed by atoms with E-state index in [-0.39, 0.29) is 17.7 Å². The van der Waals surface area contributed by atoms with Crippen LogP contribution >= 0.6 is 11.3 Å². The van der Waals surface area contributed by atoms with Gasteiger partial charge in [0, 0.05) is 35.6 Å². The van der Waals surface area contributed by atoms with Gasteiger partial charge in [0.25, 0.3) is 0 Å². The summed E-state index contributed by atoms with van der Waals surface area (Å²) in [6, 6.07) is 6.28. The fourth-order valence-corrected chi connectivity index (χ4v) is 5.53. The summed E-state index contributed by atoms with van der Waals surface area (Å²) in [5.41, 5.74) is 4.20. The van der Waals surface area contributed by atoms with Crippen LogP contribution < -0.4 is 10.2 Å². The maximum atomic E-state index is 12.6. The number of fused-ring (bicyclic) bond motifs is 1. The van der Waals surface area contributed by atoms with Gasteiger partial charge in [-0.3, -0.25) is 14.5 Å². The average Bonchev–Trinajstić information content (AvgIpc) is 3.51. The number of carbonyl (C=O) groups excluding carboxylic acids is 2. The summed E-state index contributed by atoms with van der Waals surface area (Å²) in [4.78, 5) is 33.9. The van der Waals surface area contributed by atoms with Gasteiger partial charge in [-0.05, 0) is 68.7 Å². The van der Waals surface area contributed by atoms with Gasteiger partial charge in [-0.1, -0.05) is 13.0 Å². The molecule has 2 amide bonds. The van der Waals surface area contributed by atoms with E-state index in [0.717, 1.165) is 68.7 Å². The van der Waals surface area contributed by atoms with Crippen molar-refractivity contribution in [1.29, 1.82) is 0 Å². The van der Waals surface area contributed by atoms with Crippen molar-refractivity contribution in [2.45, 2.75) is 45.4 Å².